The van der Waals surface area contributed by atoms with Crippen molar-refractivity contribution >= 4 is 28.9 Å². The molecule has 0 radical (unpaired) electrons. The highest BCUT2D eigenvalue weighted by Gasteiger charge is 2.27. The van der Waals surface area contributed by atoms with Gasteiger partial charge in [-0.05, 0) is 60.2 Å². The molecule has 9 heteroatoms. The van der Waals surface area contributed by atoms with Crippen LogP contribution in [0, 0.1) is 0 Å². The van der Waals surface area contributed by atoms with Gasteiger partial charge in [0.25, 0.3) is 0 Å². The van der Waals surface area contributed by atoms with E-state index in [0.29, 0.717) is 27.6 Å². The van der Waals surface area contributed by atoms with Crippen LogP contribution in [0.2, 0.25) is 0 Å². The Bertz CT molecular complexity index is 2100. The minimum Gasteiger partial charge on any atom is -0.507 e. The van der Waals surface area contributed by atoms with Crippen molar-refractivity contribution in [2.45, 2.75) is 13.2 Å². The number of fused-ring (bicyclic) bond motifs is 2. The summed E-state index contributed by atoms with van der Waals surface area (Å²) in [6.07, 6.45) is 0. The van der Waals surface area contributed by atoms with Crippen LogP contribution in [0.3, 0.4) is 0 Å². The van der Waals surface area contributed by atoms with Gasteiger partial charge in [0.15, 0.2) is 5.43 Å². The van der Waals surface area contributed by atoms with Gasteiger partial charge in [0.05, 0.1) is 27.8 Å². The zero-order valence-electron chi connectivity index (χ0n) is 23.6. The molecule has 2 N–H and O–H groups in total. The molecule has 0 amide bonds. The molecular weight excluding hydrogens is 576 g/mol. The molecule has 0 saturated carbocycles. The zero-order valence-corrected chi connectivity index (χ0v) is 23.6. The topological polar surface area (TPSA) is 140 Å². The van der Waals surface area contributed by atoms with Gasteiger partial charge < -0.3 is 24.1 Å². The molecule has 45 heavy (non-hydrogen) atoms. The lowest BCUT2D eigenvalue weighted by Gasteiger charge is -2.20. The predicted molar refractivity (Wildman–Crippen MR) is 164 cm³/mol. The molecule has 0 aromatic heterocycles. The first-order chi connectivity index (χ1) is 21.8. The summed E-state index contributed by atoms with van der Waals surface area (Å²) in [6.45, 7) is -0.850. The number of rotatable bonds is 8. The van der Waals surface area contributed by atoms with E-state index in [-0.39, 0.29) is 39.3 Å². The molecule has 222 valence electrons. The molecule has 0 atom stereocenters. The van der Waals surface area contributed by atoms with E-state index in [1.807, 2.05) is 0 Å². The molecule has 0 fully saturated rings. The lowest BCUT2D eigenvalue weighted by molar-refractivity contribution is 0.0463. The summed E-state index contributed by atoms with van der Waals surface area (Å²) in [5.41, 5.74) is 1.33. The number of phenolic OH excluding ortho intramolecular Hbond substituents is 1. The first-order valence-corrected chi connectivity index (χ1v) is 13.8. The molecular formula is C36H24O9. The van der Waals surface area contributed by atoms with Gasteiger partial charge in [-0.2, -0.15) is 0 Å². The van der Waals surface area contributed by atoms with Gasteiger partial charge in [-0.1, -0.05) is 54.6 Å². The van der Waals surface area contributed by atoms with E-state index in [4.69, 9.17) is 13.9 Å². The van der Waals surface area contributed by atoms with Crippen molar-refractivity contribution in [1.29, 1.82) is 0 Å². The number of benzene rings is 5. The van der Waals surface area contributed by atoms with Crippen molar-refractivity contribution in [3.05, 3.63) is 147 Å². The lowest BCUT2D eigenvalue weighted by atomic mass is 9.88. The first-order valence-electron chi connectivity index (χ1n) is 13.8. The molecule has 0 unspecified atom stereocenters. The van der Waals surface area contributed by atoms with Crippen LogP contribution in [-0.2, 0) is 22.7 Å². The maximum Gasteiger partial charge on any atom is 0.338 e. The van der Waals surface area contributed by atoms with Gasteiger partial charge in [-0.25, -0.2) is 14.4 Å². The van der Waals surface area contributed by atoms with Gasteiger partial charge in [0.1, 0.15) is 30.3 Å². The summed E-state index contributed by atoms with van der Waals surface area (Å²) in [7, 11) is 0. The molecule has 4 aromatic rings. The maximum atomic E-state index is 13.2. The van der Waals surface area contributed by atoms with Crippen LogP contribution in [0.4, 0.5) is 0 Å². The Morgan fingerprint density at radius 3 is 1.84 bits per heavy atom. The number of hydrogen-bond donors (Lipinski definition) is 2. The van der Waals surface area contributed by atoms with Crippen molar-refractivity contribution in [3.63, 3.8) is 0 Å². The van der Waals surface area contributed by atoms with Crippen molar-refractivity contribution in [2.75, 3.05) is 0 Å². The molecule has 1 aliphatic carbocycles. The van der Waals surface area contributed by atoms with Gasteiger partial charge in [0.2, 0.25) is 0 Å². The first kappa shape index (κ1) is 28.9. The number of hydrogen-bond acceptors (Lipinski definition) is 8. The van der Waals surface area contributed by atoms with Crippen LogP contribution in [0.5, 0.6) is 5.75 Å². The van der Waals surface area contributed by atoms with Gasteiger partial charge in [0, 0.05) is 16.5 Å². The number of esters is 2. The van der Waals surface area contributed by atoms with E-state index in [2.05, 4.69) is 0 Å². The molecule has 0 saturated heterocycles. The summed E-state index contributed by atoms with van der Waals surface area (Å²) in [5, 5.41) is 21.4. The number of carboxylic acids is 1. The molecule has 1 aliphatic heterocycles. The second-order valence-corrected chi connectivity index (χ2v) is 10.1. The average Bonchev–Trinajstić information content (AvgIpc) is 3.07. The Balaban J connectivity index is 1.55. The Morgan fingerprint density at radius 1 is 0.644 bits per heavy atom. The summed E-state index contributed by atoms with van der Waals surface area (Å²) in [6, 6.07) is 28.7. The zero-order chi connectivity index (χ0) is 31.5. The van der Waals surface area contributed by atoms with Gasteiger partial charge in [-0.15, -0.1) is 0 Å². The Morgan fingerprint density at radius 2 is 1.22 bits per heavy atom. The Labute approximate surface area is 255 Å². The molecule has 9 nitrogen and oxygen atoms in total. The van der Waals surface area contributed by atoms with Crippen LogP contribution in [0.15, 0.2) is 118 Å². The van der Waals surface area contributed by atoms with E-state index in [0.717, 1.165) is 0 Å². The molecule has 4 aromatic carbocycles. The molecule has 0 spiro atoms. The van der Waals surface area contributed by atoms with Crippen LogP contribution in [0.25, 0.3) is 33.4 Å². The normalized spacial score (nSPS) is 10.9. The second kappa shape index (κ2) is 12.2. The summed E-state index contributed by atoms with van der Waals surface area (Å²) < 4.78 is 17.3. The second-order valence-electron chi connectivity index (χ2n) is 10.1. The fourth-order valence-electron chi connectivity index (χ4n) is 5.15. The predicted octanol–water partition coefficient (Wildman–Crippen LogP) is 6.68. The van der Waals surface area contributed by atoms with Gasteiger partial charge >= 0.3 is 17.9 Å². The van der Waals surface area contributed by atoms with E-state index >= 15 is 0 Å². The fraction of sp³-hybridized carbons (Fsp3) is 0.0556. The van der Waals surface area contributed by atoms with E-state index in [1.165, 1.54) is 24.3 Å². The van der Waals surface area contributed by atoms with E-state index < -0.39 is 36.6 Å². The van der Waals surface area contributed by atoms with Crippen LogP contribution < -0.4 is 5.43 Å². The SMILES string of the molecule is O=C(OCc1c2oc3c(COC(=O)c4ccccc4)c(O)ccc3c(-c3ccccc3C(=O)O)c-2ccc1=O)c1ccccc1. The van der Waals surface area contributed by atoms with Crippen molar-refractivity contribution in [1.82, 2.24) is 0 Å². The third-order valence-electron chi connectivity index (χ3n) is 7.34. The number of aromatic carboxylic acids is 1. The van der Waals surface area contributed by atoms with Crippen LogP contribution >= 0.6 is 0 Å². The van der Waals surface area contributed by atoms with Crippen LogP contribution in [0.1, 0.15) is 42.2 Å². The number of phenols is 1. The van der Waals surface area contributed by atoms with E-state index in [9.17, 15) is 29.4 Å². The quantitative estimate of drug-likeness (QED) is 0.145. The standard InChI is InChI=1S/C36H24O9/c37-29-17-15-25-31(23-13-7-8-14-24(23)34(39)40)26-16-18-30(38)28(20-44-36(42)22-11-5-2-6-12-22)33(26)45-32(25)27(29)19-43-35(41)21-9-3-1-4-10-21/h1-18,37H,19-20H2,(H,39,40). The van der Waals surface area contributed by atoms with E-state index in [1.54, 1.807) is 84.9 Å². The number of aromatic hydroxyl groups is 1. The molecule has 2 aliphatic rings. The largest absolute Gasteiger partial charge is 0.507 e. The summed E-state index contributed by atoms with van der Waals surface area (Å²) in [4.78, 5) is 51.0. The maximum absolute atomic E-state index is 13.2. The van der Waals surface area contributed by atoms with Crippen molar-refractivity contribution in [2.24, 2.45) is 0 Å². The Kier molecular flexibility index (Phi) is 7.82. The molecule has 1 heterocycles. The minimum absolute atomic E-state index is 0.00307. The highest BCUT2D eigenvalue weighted by Crippen LogP contribution is 2.44. The number of ether oxygens (including phenoxy) is 2. The van der Waals surface area contributed by atoms with Crippen molar-refractivity contribution < 1.29 is 38.5 Å². The minimum atomic E-state index is -1.18. The summed E-state index contributed by atoms with van der Waals surface area (Å²) >= 11 is 0. The third-order valence-corrected chi connectivity index (χ3v) is 7.34. The smallest absolute Gasteiger partial charge is 0.338 e. The monoisotopic (exact) mass is 600 g/mol. The average molecular weight is 601 g/mol. The van der Waals surface area contributed by atoms with Crippen molar-refractivity contribution in [3.8, 4) is 28.2 Å². The highest BCUT2D eigenvalue weighted by molar-refractivity contribution is 6.08. The molecule has 6 rings (SSSR count). The molecule has 0 bridgehead atoms. The highest BCUT2D eigenvalue weighted by atomic mass is 16.5. The lowest BCUT2D eigenvalue weighted by Crippen LogP contribution is -2.15. The van der Waals surface area contributed by atoms with Gasteiger partial charge in [-0.3, -0.25) is 4.79 Å². The number of carbonyl (C=O) groups excluding carboxylic acids is 2. The fourth-order valence-corrected chi connectivity index (χ4v) is 5.15. The number of carbonyl (C=O) groups is 3. The third kappa shape index (κ3) is 5.62. The van der Waals surface area contributed by atoms with Crippen LogP contribution in [-0.4, -0.2) is 28.1 Å². The Hall–Kier alpha value is -6.22. The summed E-state index contributed by atoms with van der Waals surface area (Å²) in [5.74, 6) is -2.71. The number of carboxylic acid groups (broad SMARTS) is 1.